The van der Waals surface area contributed by atoms with Crippen molar-refractivity contribution in [3.8, 4) is 5.75 Å². The molecule has 1 aromatic carbocycles. The number of benzene rings is 1. The zero-order valence-corrected chi connectivity index (χ0v) is 14.6. The number of hydrogen-bond acceptors (Lipinski definition) is 4. The Morgan fingerprint density at radius 1 is 1.41 bits per heavy atom. The van der Waals surface area contributed by atoms with E-state index in [2.05, 4.69) is 21.0 Å². The lowest BCUT2D eigenvalue weighted by molar-refractivity contribution is 0.418. The summed E-state index contributed by atoms with van der Waals surface area (Å²) in [5.41, 5.74) is 0.459. The van der Waals surface area contributed by atoms with Gasteiger partial charge in [-0.15, -0.1) is 0 Å². The van der Waals surface area contributed by atoms with Gasteiger partial charge in [-0.3, -0.25) is 0 Å². The summed E-state index contributed by atoms with van der Waals surface area (Å²) in [6.07, 6.45) is 7.34. The van der Waals surface area contributed by atoms with E-state index >= 15 is 0 Å². The van der Waals surface area contributed by atoms with Crippen LogP contribution in [0.5, 0.6) is 5.75 Å². The summed E-state index contributed by atoms with van der Waals surface area (Å²) in [5.74, 6) is 0.480. The first-order valence-corrected chi connectivity index (χ1v) is 8.94. The maximum atomic E-state index is 13.2. The molecule has 5 nitrogen and oxygen atoms in total. The summed E-state index contributed by atoms with van der Waals surface area (Å²) in [6, 6.07) is 5.34. The monoisotopic (exact) mass is 382 g/mol. The lowest BCUT2D eigenvalue weighted by Crippen LogP contribution is -2.40. The van der Waals surface area contributed by atoms with Gasteiger partial charge in [0.25, 0.3) is 10.0 Å². The molecule has 0 saturated heterocycles. The Hall–Kier alpha value is -1.60. The number of para-hydroxylation sites is 1. The molecule has 22 heavy (non-hydrogen) atoms. The van der Waals surface area contributed by atoms with E-state index in [0.29, 0.717) is 22.2 Å². The molecule has 0 bridgehead atoms. The van der Waals surface area contributed by atoms with E-state index in [0.717, 1.165) is 9.47 Å². The molecule has 0 saturated carbocycles. The number of hydrogen-bond donors (Lipinski definition) is 0. The molecule has 7 heteroatoms. The summed E-state index contributed by atoms with van der Waals surface area (Å²) < 4.78 is 32.3. The molecule has 2 aromatic rings. The Balaban J connectivity index is 2.27. The van der Waals surface area contributed by atoms with E-state index in [1.54, 1.807) is 25.1 Å². The molecule has 1 unspecified atom stereocenters. The van der Waals surface area contributed by atoms with E-state index in [9.17, 15) is 8.42 Å². The van der Waals surface area contributed by atoms with Gasteiger partial charge >= 0.3 is 0 Å². The maximum Gasteiger partial charge on any atom is 0.264 e. The lowest BCUT2D eigenvalue weighted by atomic mass is 10.0. The highest BCUT2D eigenvalue weighted by atomic mass is 79.9. The Morgan fingerprint density at radius 2 is 2.18 bits per heavy atom. The summed E-state index contributed by atoms with van der Waals surface area (Å²) in [4.78, 5) is 0. The molecule has 1 heterocycles. The number of rotatable bonds is 3. The second kappa shape index (κ2) is 5.24. The number of halogens is 1. The van der Waals surface area contributed by atoms with Gasteiger partial charge in [-0.05, 0) is 19.4 Å². The topological polar surface area (TPSA) is 61.2 Å². The number of fused-ring (bicyclic) bond motifs is 1. The normalized spacial score (nSPS) is 21.9. The minimum atomic E-state index is -3.77. The fourth-order valence-corrected chi connectivity index (χ4v) is 5.04. The van der Waals surface area contributed by atoms with Crippen LogP contribution < -0.4 is 4.74 Å². The minimum absolute atomic E-state index is 0.378. The molecular weight excluding hydrogens is 368 g/mol. The van der Waals surface area contributed by atoms with Gasteiger partial charge in [-0.25, -0.2) is 8.42 Å². The number of methoxy groups -OCH3 is 1. The van der Waals surface area contributed by atoms with Crippen molar-refractivity contribution in [1.29, 1.82) is 0 Å². The van der Waals surface area contributed by atoms with E-state index in [1.165, 1.54) is 13.3 Å². The summed E-state index contributed by atoms with van der Waals surface area (Å²) in [5, 5.41) is 4.83. The van der Waals surface area contributed by atoms with Crippen LogP contribution in [0.3, 0.4) is 0 Å². The number of nitrogens with zero attached hydrogens (tertiary/aromatic N) is 2. The molecule has 0 amide bonds. The van der Waals surface area contributed by atoms with E-state index < -0.39 is 14.8 Å². The SMILES string of the molecule is COc1cccc2cnn(S(=O)(=O)C3(C)CC=CC=C3Br)c12. The van der Waals surface area contributed by atoms with Gasteiger partial charge in [-0.2, -0.15) is 9.19 Å². The third kappa shape index (κ3) is 2.03. The summed E-state index contributed by atoms with van der Waals surface area (Å²) >= 11 is 3.39. The summed E-state index contributed by atoms with van der Waals surface area (Å²) in [6.45, 7) is 1.69. The average Bonchev–Trinajstić information content (AvgIpc) is 2.94. The molecule has 116 valence electrons. The van der Waals surface area contributed by atoms with Gasteiger partial charge in [0.2, 0.25) is 0 Å². The standard InChI is InChI=1S/C15H15BrN2O3S/c1-15(9-4-3-8-13(15)16)22(19,20)18-14-11(10-17-18)6-5-7-12(14)21-2/h3-8,10H,9H2,1-2H3. The molecule has 0 radical (unpaired) electrons. The van der Waals surface area contributed by atoms with Crippen molar-refractivity contribution in [3.63, 3.8) is 0 Å². The second-order valence-corrected chi connectivity index (χ2v) is 8.32. The Kier molecular flexibility index (Phi) is 3.65. The maximum absolute atomic E-state index is 13.2. The molecule has 1 atom stereocenters. The van der Waals surface area contributed by atoms with Crippen molar-refractivity contribution in [1.82, 2.24) is 9.19 Å². The van der Waals surface area contributed by atoms with Crippen molar-refractivity contribution < 1.29 is 13.2 Å². The molecule has 1 aromatic heterocycles. The molecular formula is C15H15BrN2O3S. The van der Waals surface area contributed by atoms with Crippen molar-refractivity contribution in [3.05, 3.63) is 47.1 Å². The van der Waals surface area contributed by atoms with Gasteiger partial charge in [0.15, 0.2) is 0 Å². The predicted octanol–water partition coefficient (Wildman–Crippen LogP) is 3.22. The van der Waals surface area contributed by atoms with Crippen molar-refractivity contribution >= 4 is 36.9 Å². The van der Waals surface area contributed by atoms with Crippen molar-refractivity contribution in [2.24, 2.45) is 0 Å². The van der Waals surface area contributed by atoms with Crippen LogP contribution in [0.15, 0.2) is 47.1 Å². The Morgan fingerprint density at radius 3 is 2.86 bits per heavy atom. The molecule has 0 aliphatic heterocycles. The highest BCUT2D eigenvalue weighted by molar-refractivity contribution is 9.12. The third-order valence-electron chi connectivity index (χ3n) is 3.93. The van der Waals surface area contributed by atoms with Gasteiger partial charge in [0, 0.05) is 9.87 Å². The first-order chi connectivity index (χ1) is 10.4. The Labute approximate surface area is 137 Å². The van der Waals surface area contributed by atoms with Gasteiger partial charge in [-0.1, -0.05) is 46.3 Å². The highest BCUT2D eigenvalue weighted by Gasteiger charge is 2.44. The molecule has 0 spiro atoms. The third-order valence-corrected chi connectivity index (χ3v) is 7.59. The quantitative estimate of drug-likeness (QED) is 0.817. The minimum Gasteiger partial charge on any atom is -0.494 e. The van der Waals surface area contributed by atoms with Crippen molar-refractivity contribution in [2.45, 2.75) is 18.1 Å². The smallest absolute Gasteiger partial charge is 0.264 e. The predicted molar refractivity (Wildman–Crippen MR) is 89.8 cm³/mol. The molecule has 1 aliphatic rings. The van der Waals surface area contributed by atoms with E-state index in [-0.39, 0.29) is 0 Å². The van der Waals surface area contributed by atoms with E-state index in [4.69, 9.17) is 4.74 Å². The van der Waals surface area contributed by atoms with Gasteiger partial charge < -0.3 is 4.74 Å². The first kappa shape index (κ1) is 15.3. The fourth-order valence-electron chi connectivity index (χ4n) is 2.51. The van der Waals surface area contributed by atoms with Crippen LogP contribution in [0.1, 0.15) is 13.3 Å². The number of allylic oxidation sites excluding steroid dienone is 3. The van der Waals surface area contributed by atoms with Crippen LogP contribution in [0.25, 0.3) is 10.9 Å². The average molecular weight is 383 g/mol. The number of aromatic nitrogens is 2. The molecule has 1 aliphatic carbocycles. The van der Waals surface area contributed by atoms with Crippen LogP contribution in [0.2, 0.25) is 0 Å². The van der Waals surface area contributed by atoms with E-state index in [1.807, 2.05) is 18.2 Å². The number of ether oxygens (including phenoxy) is 1. The van der Waals surface area contributed by atoms with Gasteiger partial charge in [0.05, 0.1) is 13.3 Å². The van der Waals surface area contributed by atoms with Crippen LogP contribution in [0.4, 0.5) is 0 Å². The zero-order chi connectivity index (χ0) is 16.0. The molecule has 0 fully saturated rings. The second-order valence-electron chi connectivity index (χ2n) is 5.27. The molecule has 0 N–H and O–H groups in total. The highest BCUT2D eigenvalue weighted by Crippen LogP contribution is 2.39. The zero-order valence-electron chi connectivity index (χ0n) is 12.2. The van der Waals surface area contributed by atoms with Crippen LogP contribution in [-0.4, -0.2) is 29.5 Å². The van der Waals surface area contributed by atoms with Crippen LogP contribution in [-0.2, 0) is 10.0 Å². The lowest BCUT2D eigenvalue weighted by Gasteiger charge is -2.29. The largest absolute Gasteiger partial charge is 0.494 e. The first-order valence-electron chi connectivity index (χ1n) is 6.70. The van der Waals surface area contributed by atoms with Crippen LogP contribution >= 0.6 is 15.9 Å². The molecule has 3 rings (SSSR count). The Bertz CT molecular complexity index is 899. The summed E-state index contributed by atoms with van der Waals surface area (Å²) in [7, 11) is -2.25. The fraction of sp³-hybridized carbons (Fsp3) is 0.267. The van der Waals surface area contributed by atoms with Crippen molar-refractivity contribution in [2.75, 3.05) is 7.11 Å². The van der Waals surface area contributed by atoms with Gasteiger partial charge in [0.1, 0.15) is 16.0 Å². The van der Waals surface area contributed by atoms with Crippen LogP contribution in [0, 0.1) is 0 Å².